The van der Waals surface area contributed by atoms with Crippen molar-refractivity contribution in [3.8, 4) is 0 Å². The molecule has 0 saturated carbocycles. The molecule has 2 rings (SSSR count). The molecular formula is C14H7BrF4O. The fourth-order valence-electron chi connectivity index (χ4n) is 1.75. The van der Waals surface area contributed by atoms with Gasteiger partial charge in [0.2, 0.25) is 0 Å². The molecule has 0 atom stereocenters. The summed E-state index contributed by atoms with van der Waals surface area (Å²) in [7, 11) is 0. The number of hydrogen-bond donors (Lipinski definition) is 0. The second-order valence-corrected chi connectivity index (χ2v) is 5.00. The topological polar surface area (TPSA) is 17.1 Å². The minimum absolute atomic E-state index is 0.00694. The molecule has 0 spiro atoms. The summed E-state index contributed by atoms with van der Waals surface area (Å²) >= 11 is 3.11. The summed E-state index contributed by atoms with van der Waals surface area (Å²) in [4.78, 5) is 11.8. The van der Waals surface area contributed by atoms with Crippen molar-refractivity contribution in [3.05, 3.63) is 69.2 Å². The van der Waals surface area contributed by atoms with Crippen LogP contribution in [0.5, 0.6) is 0 Å². The first-order chi connectivity index (χ1) is 9.38. The normalized spacial score (nSPS) is 10.7. The van der Waals surface area contributed by atoms with Gasteiger partial charge in [0, 0.05) is 23.0 Å². The Labute approximate surface area is 120 Å². The van der Waals surface area contributed by atoms with Gasteiger partial charge in [0.25, 0.3) is 0 Å². The van der Waals surface area contributed by atoms with E-state index >= 15 is 0 Å². The van der Waals surface area contributed by atoms with Crippen LogP contribution < -0.4 is 0 Å². The SMILES string of the molecule is O=C(Cc1cc(Br)ccc1F)c1c(F)cc(F)cc1F. The molecule has 0 amide bonds. The maximum Gasteiger partial charge on any atom is 0.173 e. The number of carbonyl (C=O) groups excluding carboxylic acids is 1. The summed E-state index contributed by atoms with van der Waals surface area (Å²) < 4.78 is 53.7. The highest BCUT2D eigenvalue weighted by Gasteiger charge is 2.20. The van der Waals surface area contributed by atoms with E-state index in [0.29, 0.717) is 16.6 Å². The number of Topliss-reactive ketones (excluding diaryl/α,β-unsaturated/α-hetero) is 1. The zero-order chi connectivity index (χ0) is 14.9. The minimum atomic E-state index is -1.30. The molecule has 104 valence electrons. The predicted molar refractivity (Wildman–Crippen MR) is 68.5 cm³/mol. The van der Waals surface area contributed by atoms with Gasteiger partial charge in [-0.2, -0.15) is 0 Å². The van der Waals surface area contributed by atoms with Crippen LogP contribution in [0.25, 0.3) is 0 Å². The molecule has 0 fully saturated rings. The van der Waals surface area contributed by atoms with Crippen LogP contribution in [-0.2, 0) is 6.42 Å². The number of rotatable bonds is 3. The highest BCUT2D eigenvalue weighted by atomic mass is 79.9. The Balaban J connectivity index is 2.36. The molecule has 20 heavy (non-hydrogen) atoms. The van der Waals surface area contributed by atoms with Crippen LogP contribution >= 0.6 is 15.9 Å². The van der Waals surface area contributed by atoms with Gasteiger partial charge in [0.15, 0.2) is 5.78 Å². The molecule has 0 bridgehead atoms. The van der Waals surface area contributed by atoms with Crippen molar-refractivity contribution in [2.24, 2.45) is 0 Å². The molecule has 2 aromatic carbocycles. The van der Waals surface area contributed by atoms with E-state index in [9.17, 15) is 22.4 Å². The Morgan fingerprint density at radius 3 is 2.15 bits per heavy atom. The van der Waals surface area contributed by atoms with Crippen molar-refractivity contribution in [2.45, 2.75) is 6.42 Å². The molecule has 0 aliphatic rings. The number of hydrogen-bond acceptors (Lipinski definition) is 1. The lowest BCUT2D eigenvalue weighted by atomic mass is 10.0. The van der Waals surface area contributed by atoms with Crippen LogP contribution in [0.4, 0.5) is 17.6 Å². The quantitative estimate of drug-likeness (QED) is 0.593. The van der Waals surface area contributed by atoms with Gasteiger partial charge in [-0.05, 0) is 23.8 Å². The molecule has 0 saturated heterocycles. The lowest BCUT2D eigenvalue weighted by Gasteiger charge is -2.06. The number of benzene rings is 2. The van der Waals surface area contributed by atoms with E-state index in [1.54, 1.807) is 0 Å². The number of carbonyl (C=O) groups is 1. The van der Waals surface area contributed by atoms with E-state index in [1.807, 2.05) is 0 Å². The van der Waals surface area contributed by atoms with Crippen LogP contribution in [0.1, 0.15) is 15.9 Å². The Bertz CT molecular complexity index is 662. The molecule has 0 aliphatic carbocycles. The Hall–Kier alpha value is -1.69. The summed E-state index contributed by atoms with van der Waals surface area (Å²) in [5.41, 5.74) is -0.877. The van der Waals surface area contributed by atoms with E-state index in [4.69, 9.17) is 0 Å². The highest BCUT2D eigenvalue weighted by Crippen LogP contribution is 2.20. The lowest BCUT2D eigenvalue weighted by molar-refractivity contribution is 0.0983. The van der Waals surface area contributed by atoms with Gasteiger partial charge in [0.05, 0.1) is 5.56 Å². The average molecular weight is 347 g/mol. The van der Waals surface area contributed by atoms with Gasteiger partial charge in [-0.1, -0.05) is 15.9 Å². The third-order valence-electron chi connectivity index (χ3n) is 2.64. The summed E-state index contributed by atoms with van der Waals surface area (Å²) in [6.07, 6.45) is -0.523. The first kappa shape index (κ1) is 14.7. The lowest BCUT2D eigenvalue weighted by Crippen LogP contribution is -2.10. The van der Waals surface area contributed by atoms with Crippen LogP contribution in [-0.4, -0.2) is 5.78 Å². The molecule has 0 unspecified atom stereocenters. The van der Waals surface area contributed by atoms with Crippen molar-refractivity contribution >= 4 is 21.7 Å². The molecule has 6 heteroatoms. The van der Waals surface area contributed by atoms with Crippen molar-refractivity contribution in [3.63, 3.8) is 0 Å². The fraction of sp³-hybridized carbons (Fsp3) is 0.0714. The average Bonchev–Trinajstić information content (AvgIpc) is 2.32. The Morgan fingerprint density at radius 2 is 1.55 bits per heavy atom. The smallest absolute Gasteiger partial charge is 0.173 e. The van der Waals surface area contributed by atoms with E-state index in [1.165, 1.54) is 12.1 Å². The largest absolute Gasteiger partial charge is 0.294 e. The third-order valence-corrected chi connectivity index (χ3v) is 3.14. The van der Waals surface area contributed by atoms with Crippen molar-refractivity contribution < 1.29 is 22.4 Å². The molecule has 0 N–H and O–H groups in total. The van der Waals surface area contributed by atoms with Crippen molar-refractivity contribution in [1.82, 2.24) is 0 Å². The molecule has 1 nitrogen and oxygen atoms in total. The van der Waals surface area contributed by atoms with Crippen LogP contribution in [0.15, 0.2) is 34.8 Å². The van der Waals surface area contributed by atoms with E-state index in [0.717, 1.165) is 6.07 Å². The fourth-order valence-corrected chi connectivity index (χ4v) is 2.16. The number of halogens is 5. The van der Waals surface area contributed by atoms with E-state index in [2.05, 4.69) is 15.9 Å². The molecule has 2 aromatic rings. The van der Waals surface area contributed by atoms with Gasteiger partial charge in [-0.3, -0.25) is 4.79 Å². The zero-order valence-electron chi connectivity index (χ0n) is 9.89. The third kappa shape index (κ3) is 3.07. The monoisotopic (exact) mass is 346 g/mol. The highest BCUT2D eigenvalue weighted by molar-refractivity contribution is 9.10. The second kappa shape index (κ2) is 5.75. The van der Waals surface area contributed by atoms with Crippen LogP contribution in [0, 0.1) is 23.3 Å². The van der Waals surface area contributed by atoms with E-state index in [-0.39, 0.29) is 5.56 Å². The Morgan fingerprint density at radius 1 is 0.950 bits per heavy atom. The summed E-state index contributed by atoms with van der Waals surface area (Å²) in [6, 6.07) is 4.72. The van der Waals surface area contributed by atoms with Gasteiger partial charge in [-0.25, -0.2) is 17.6 Å². The van der Waals surface area contributed by atoms with Crippen molar-refractivity contribution in [2.75, 3.05) is 0 Å². The maximum atomic E-state index is 13.5. The molecule has 0 radical (unpaired) electrons. The number of ketones is 1. The standard InChI is InChI=1S/C14H7BrF4O/c15-8-1-2-10(17)7(3-8)4-13(20)14-11(18)5-9(16)6-12(14)19/h1-3,5-6H,4H2. The van der Waals surface area contributed by atoms with Crippen molar-refractivity contribution in [1.29, 1.82) is 0 Å². The molecule has 0 aliphatic heterocycles. The van der Waals surface area contributed by atoms with Crippen LogP contribution in [0.3, 0.4) is 0 Å². The predicted octanol–water partition coefficient (Wildman–Crippen LogP) is 4.43. The zero-order valence-corrected chi connectivity index (χ0v) is 11.5. The first-order valence-corrected chi connectivity index (χ1v) is 6.29. The van der Waals surface area contributed by atoms with Gasteiger partial charge in [0.1, 0.15) is 23.3 Å². The minimum Gasteiger partial charge on any atom is -0.294 e. The molecule has 0 heterocycles. The molecular weight excluding hydrogens is 340 g/mol. The van der Waals surface area contributed by atoms with Crippen LogP contribution in [0.2, 0.25) is 0 Å². The second-order valence-electron chi connectivity index (χ2n) is 4.08. The van der Waals surface area contributed by atoms with Gasteiger partial charge >= 0.3 is 0 Å². The van der Waals surface area contributed by atoms with E-state index < -0.39 is 41.0 Å². The summed E-state index contributed by atoms with van der Waals surface area (Å²) in [5, 5.41) is 0. The Kier molecular flexibility index (Phi) is 4.23. The maximum absolute atomic E-state index is 13.5. The van der Waals surface area contributed by atoms with Gasteiger partial charge < -0.3 is 0 Å². The molecule has 0 aromatic heterocycles. The summed E-state index contributed by atoms with van der Waals surface area (Å²) in [6.45, 7) is 0. The summed E-state index contributed by atoms with van der Waals surface area (Å²) in [5.74, 6) is -5.35. The van der Waals surface area contributed by atoms with Gasteiger partial charge in [-0.15, -0.1) is 0 Å². The first-order valence-electron chi connectivity index (χ1n) is 5.50.